The molecule has 6 nitrogen and oxygen atoms in total. The summed E-state index contributed by atoms with van der Waals surface area (Å²) >= 11 is 0. The molecule has 0 radical (unpaired) electrons. The standard InChI is InChI=1S/C66H52N2O4/c1-69-53-33-23-47(24-34-53)67(48-25-35-54(70-2)36-26-48)51-31-41-59-57-19-11-13-21-61(57)65(63(59)43-51,45-15-7-5-8-16-45)66(46-17-9-6-10-18-46)62-22-14-12-20-58(62)60-42-32-52(44-64(60)66)68(49-27-37-55(71-3)38-28-49)50-29-39-56(72-4)40-30-50/h5-44H,1-4H3. The number of anilines is 6. The van der Waals surface area contributed by atoms with Gasteiger partial charge in [-0.15, -0.1) is 0 Å². The van der Waals surface area contributed by atoms with Gasteiger partial charge in [0.1, 0.15) is 23.0 Å². The molecule has 72 heavy (non-hydrogen) atoms. The van der Waals surface area contributed by atoms with Crippen molar-refractivity contribution in [2.24, 2.45) is 0 Å². The minimum absolute atomic E-state index is 0.793. The van der Waals surface area contributed by atoms with E-state index in [4.69, 9.17) is 18.9 Å². The van der Waals surface area contributed by atoms with Crippen molar-refractivity contribution in [1.29, 1.82) is 0 Å². The maximum absolute atomic E-state index is 5.67. The third-order valence-corrected chi connectivity index (χ3v) is 14.9. The van der Waals surface area contributed by atoms with Gasteiger partial charge in [0.2, 0.25) is 0 Å². The van der Waals surface area contributed by atoms with E-state index in [1.54, 1.807) is 28.4 Å². The van der Waals surface area contributed by atoms with Crippen molar-refractivity contribution in [1.82, 2.24) is 0 Å². The van der Waals surface area contributed by atoms with Crippen LogP contribution in [-0.4, -0.2) is 28.4 Å². The van der Waals surface area contributed by atoms with Crippen LogP contribution in [0.3, 0.4) is 0 Å². The van der Waals surface area contributed by atoms with Crippen molar-refractivity contribution >= 4 is 34.1 Å². The molecule has 2 aliphatic carbocycles. The topological polar surface area (TPSA) is 43.4 Å². The second-order valence-electron chi connectivity index (χ2n) is 18.2. The Morgan fingerprint density at radius 3 is 0.819 bits per heavy atom. The third-order valence-electron chi connectivity index (χ3n) is 14.9. The normalized spacial score (nSPS) is 15.9. The summed E-state index contributed by atoms with van der Waals surface area (Å²) < 4.78 is 22.7. The average molecular weight is 937 g/mol. The van der Waals surface area contributed by atoms with Crippen molar-refractivity contribution in [3.05, 3.63) is 276 Å². The Bertz CT molecular complexity index is 3230. The largest absolute Gasteiger partial charge is 0.497 e. The molecule has 2 atom stereocenters. The molecule has 0 amide bonds. The lowest BCUT2D eigenvalue weighted by Gasteiger charge is -2.51. The minimum atomic E-state index is -0.853. The second kappa shape index (κ2) is 18.1. The highest BCUT2D eigenvalue weighted by Crippen LogP contribution is 2.70. The van der Waals surface area contributed by atoms with Crippen LogP contribution in [0.5, 0.6) is 23.0 Å². The van der Waals surface area contributed by atoms with Gasteiger partial charge in [-0.05, 0) is 177 Å². The Morgan fingerprint density at radius 1 is 0.250 bits per heavy atom. The maximum Gasteiger partial charge on any atom is 0.119 e. The molecule has 0 spiro atoms. The van der Waals surface area contributed by atoms with Gasteiger partial charge in [0.05, 0.1) is 39.3 Å². The molecule has 2 unspecified atom stereocenters. The molecule has 0 fully saturated rings. The molecule has 350 valence electrons. The average Bonchev–Trinajstić information content (AvgIpc) is 3.94. The number of fused-ring (bicyclic) bond motifs is 6. The van der Waals surface area contributed by atoms with Crippen LogP contribution in [-0.2, 0) is 10.8 Å². The molecule has 12 rings (SSSR count). The molecule has 0 bridgehead atoms. The lowest BCUT2D eigenvalue weighted by Crippen LogP contribution is -2.50. The van der Waals surface area contributed by atoms with Crippen molar-refractivity contribution in [2.75, 3.05) is 38.2 Å². The number of hydrogen-bond acceptors (Lipinski definition) is 6. The van der Waals surface area contributed by atoms with E-state index in [2.05, 4.69) is 204 Å². The number of hydrogen-bond donors (Lipinski definition) is 0. The van der Waals surface area contributed by atoms with Gasteiger partial charge in [-0.2, -0.15) is 0 Å². The van der Waals surface area contributed by atoms with E-state index >= 15 is 0 Å². The first-order chi connectivity index (χ1) is 35.5. The molecule has 0 heterocycles. The van der Waals surface area contributed by atoms with E-state index in [-0.39, 0.29) is 0 Å². The number of ether oxygens (including phenoxy) is 4. The Labute approximate surface area is 421 Å². The highest BCUT2D eigenvalue weighted by Gasteiger charge is 2.64. The summed E-state index contributed by atoms with van der Waals surface area (Å²) in [4.78, 5) is 4.67. The molecule has 0 N–H and O–H groups in total. The smallest absolute Gasteiger partial charge is 0.119 e. The fourth-order valence-electron chi connectivity index (χ4n) is 11.9. The Morgan fingerprint density at radius 2 is 0.514 bits per heavy atom. The second-order valence-corrected chi connectivity index (χ2v) is 18.2. The van der Waals surface area contributed by atoms with Crippen LogP contribution in [0.15, 0.2) is 243 Å². The first-order valence-corrected chi connectivity index (χ1v) is 24.3. The fourth-order valence-corrected chi connectivity index (χ4v) is 11.9. The molecule has 6 heteroatoms. The molecular formula is C66H52N2O4. The maximum atomic E-state index is 5.67. The van der Waals surface area contributed by atoms with E-state index in [0.717, 1.165) is 57.1 Å². The first-order valence-electron chi connectivity index (χ1n) is 24.3. The number of nitrogens with zero attached hydrogens (tertiary/aromatic N) is 2. The quantitative estimate of drug-likeness (QED) is 0.115. The summed E-state index contributed by atoms with van der Waals surface area (Å²) in [6.07, 6.45) is 0. The monoisotopic (exact) mass is 936 g/mol. The van der Waals surface area contributed by atoms with Crippen LogP contribution >= 0.6 is 0 Å². The van der Waals surface area contributed by atoms with Crippen molar-refractivity contribution in [2.45, 2.75) is 10.8 Å². The number of rotatable bonds is 13. The molecule has 0 aliphatic heterocycles. The molecule has 0 saturated heterocycles. The summed E-state index contributed by atoms with van der Waals surface area (Å²) in [5.74, 6) is 3.17. The number of benzene rings is 10. The van der Waals surface area contributed by atoms with Crippen molar-refractivity contribution in [3.63, 3.8) is 0 Å². The van der Waals surface area contributed by atoms with Gasteiger partial charge >= 0.3 is 0 Å². The van der Waals surface area contributed by atoms with Gasteiger partial charge in [0.15, 0.2) is 0 Å². The van der Waals surface area contributed by atoms with Crippen LogP contribution in [0, 0.1) is 0 Å². The van der Waals surface area contributed by atoms with E-state index in [1.807, 2.05) is 48.5 Å². The summed E-state index contributed by atoms with van der Waals surface area (Å²) in [6, 6.07) is 88.1. The zero-order valence-electron chi connectivity index (χ0n) is 40.6. The summed E-state index contributed by atoms with van der Waals surface area (Å²) in [5, 5.41) is 0. The molecule has 2 aliphatic rings. The van der Waals surface area contributed by atoms with Gasteiger partial charge in [-0.25, -0.2) is 0 Å². The lowest BCUT2D eigenvalue weighted by molar-refractivity contribution is 0.414. The van der Waals surface area contributed by atoms with Crippen LogP contribution in [0.4, 0.5) is 34.1 Å². The van der Waals surface area contributed by atoms with Crippen molar-refractivity contribution in [3.8, 4) is 45.3 Å². The summed E-state index contributed by atoms with van der Waals surface area (Å²) in [5.41, 5.74) is 16.4. The van der Waals surface area contributed by atoms with Crippen LogP contribution in [0.1, 0.15) is 33.4 Å². The highest BCUT2D eigenvalue weighted by atomic mass is 16.5. The molecule has 0 aromatic heterocycles. The summed E-state index contributed by atoms with van der Waals surface area (Å²) in [6.45, 7) is 0. The minimum Gasteiger partial charge on any atom is -0.497 e. The third kappa shape index (κ3) is 6.78. The van der Waals surface area contributed by atoms with Gasteiger partial charge in [0.25, 0.3) is 0 Å². The predicted octanol–water partition coefficient (Wildman–Crippen LogP) is 16.0. The van der Waals surface area contributed by atoms with Gasteiger partial charge in [-0.3, -0.25) is 0 Å². The van der Waals surface area contributed by atoms with Crippen LogP contribution in [0.25, 0.3) is 22.3 Å². The van der Waals surface area contributed by atoms with Gasteiger partial charge in [-0.1, -0.05) is 121 Å². The Balaban J connectivity index is 1.21. The van der Waals surface area contributed by atoms with Gasteiger partial charge < -0.3 is 28.7 Å². The number of methoxy groups -OCH3 is 4. The summed E-state index contributed by atoms with van der Waals surface area (Å²) in [7, 11) is 6.83. The van der Waals surface area contributed by atoms with E-state index < -0.39 is 10.8 Å². The fraction of sp³-hybridized carbons (Fsp3) is 0.0909. The Kier molecular flexibility index (Phi) is 11.1. The molecule has 10 aromatic carbocycles. The zero-order valence-corrected chi connectivity index (χ0v) is 40.6. The predicted molar refractivity (Wildman–Crippen MR) is 292 cm³/mol. The molecular weight excluding hydrogens is 885 g/mol. The van der Waals surface area contributed by atoms with Gasteiger partial charge in [0, 0.05) is 34.1 Å². The van der Waals surface area contributed by atoms with Crippen molar-refractivity contribution < 1.29 is 18.9 Å². The van der Waals surface area contributed by atoms with E-state index in [0.29, 0.717) is 0 Å². The Hall–Kier alpha value is -9.00. The van der Waals surface area contributed by atoms with E-state index in [9.17, 15) is 0 Å². The SMILES string of the molecule is COc1ccc(N(c2ccc(OC)cc2)c2ccc3c(c2)C(c2ccccc2)(C2(c4ccccc4)c4ccccc4-c4ccc(N(c5ccc(OC)cc5)c5ccc(OC)cc5)cc42)c2ccccc2-3)cc1. The highest BCUT2D eigenvalue weighted by molar-refractivity contribution is 5.96. The zero-order chi connectivity index (χ0) is 48.8. The first kappa shape index (κ1) is 44.2. The van der Waals surface area contributed by atoms with Crippen LogP contribution < -0.4 is 28.7 Å². The van der Waals surface area contributed by atoms with Crippen LogP contribution in [0.2, 0.25) is 0 Å². The lowest BCUT2D eigenvalue weighted by atomic mass is 9.49. The molecule has 10 aromatic rings. The van der Waals surface area contributed by atoms with E-state index in [1.165, 1.54) is 55.6 Å². The molecule has 0 saturated carbocycles.